The summed E-state index contributed by atoms with van der Waals surface area (Å²) in [7, 11) is 1.85. The molecule has 0 fully saturated rings. The number of carbonyl (C=O) groups excluding carboxylic acids is 1. The van der Waals surface area contributed by atoms with E-state index >= 15 is 0 Å². The van der Waals surface area contributed by atoms with E-state index in [1.54, 1.807) is 0 Å². The number of rotatable bonds is 4. The third kappa shape index (κ3) is 2.45. The fourth-order valence-corrected chi connectivity index (χ4v) is 2.46. The molecular weight excluding hydrogens is 252 g/mol. The van der Waals surface area contributed by atoms with Gasteiger partial charge in [0, 0.05) is 30.1 Å². The van der Waals surface area contributed by atoms with Crippen molar-refractivity contribution in [1.29, 1.82) is 0 Å². The molecule has 0 unspecified atom stereocenters. The molecule has 0 spiro atoms. The van der Waals surface area contributed by atoms with E-state index in [1.807, 2.05) is 40.6 Å². The molecule has 0 aliphatic carbocycles. The summed E-state index contributed by atoms with van der Waals surface area (Å²) in [5.74, 6) is 0.0305. The van der Waals surface area contributed by atoms with Gasteiger partial charge in [-0.3, -0.25) is 4.79 Å². The van der Waals surface area contributed by atoms with Crippen LogP contribution in [0, 0.1) is 0 Å². The summed E-state index contributed by atoms with van der Waals surface area (Å²) in [5.41, 5.74) is 7.85. The molecule has 2 rings (SSSR count). The minimum Gasteiger partial charge on any atom is -0.393 e. The zero-order chi connectivity index (χ0) is 12.4. The number of thiocarbonyl (C=S) groups is 1. The summed E-state index contributed by atoms with van der Waals surface area (Å²) < 4.78 is 1.85. The molecule has 0 aromatic carbocycles. The molecule has 0 amide bonds. The molecule has 0 radical (unpaired) electrons. The summed E-state index contributed by atoms with van der Waals surface area (Å²) in [6, 6.07) is 5.53. The van der Waals surface area contributed by atoms with Gasteiger partial charge in [0.05, 0.1) is 10.7 Å². The van der Waals surface area contributed by atoms with Gasteiger partial charge in [0.2, 0.25) is 5.78 Å². The van der Waals surface area contributed by atoms with Gasteiger partial charge in [-0.2, -0.15) is 11.3 Å². The van der Waals surface area contributed by atoms with Crippen molar-refractivity contribution in [2.24, 2.45) is 12.8 Å². The van der Waals surface area contributed by atoms with Gasteiger partial charge >= 0.3 is 0 Å². The maximum Gasteiger partial charge on any atom is 0.210 e. The Morgan fingerprint density at radius 1 is 1.47 bits per heavy atom. The number of carbonyl (C=O) groups is 1. The maximum absolute atomic E-state index is 12.1. The van der Waals surface area contributed by atoms with E-state index in [0.29, 0.717) is 17.1 Å². The molecule has 0 atom stereocenters. The van der Waals surface area contributed by atoms with Crippen LogP contribution in [0.3, 0.4) is 0 Å². The largest absolute Gasteiger partial charge is 0.393 e. The lowest BCUT2D eigenvalue weighted by Gasteiger charge is -2.05. The molecule has 2 N–H and O–H groups in total. The third-order valence-electron chi connectivity index (χ3n) is 2.60. The fourth-order valence-electron chi connectivity index (χ4n) is 1.68. The quantitative estimate of drug-likeness (QED) is 0.680. The molecule has 88 valence electrons. The van der Waals surface area contributed by atoms with Crippen molar-refractivity contribution >= 4 is 34.3 Å². The van der Waals surface area contributed by atoms with Gasteiger partial charge < -0.3 is 10.3 Å². The number of thiophene rings is 1. The average Bonchev–Trinajstić information content (AvgIpc) is 2.88. The smallest absolute Gasteiger partial charge is 0.210 e. The number of nitrogens with two attached hydrogens (primary N) is 1. The summed E-state index contributed by atoms with van der Waals surface area (Å²) in [5, 5.41) is 3.74. The molecular formula is C12H12N2OS2. The van der Waals surface area contributed by atoms with Crippen molar-refractivity contribution in [1.82, 2.24) is 4.57 Å². The van der Waals surface area contributed by atoms with E-state index in [1.165, 1.54) is 11.3 Å². The van der Waals surface area contributed by atoms with Crippen molar-refractivity contribution in [3.63, 3.8) is 0 Å². The predicted molar refractivity (Wildman–Crippen MR) is 73.7 cm³/mol. The van der Waals surface area contributed by atoms with Gasteiger partial charge in [-0.15, -0.1) is 0 Å². The van der Waals surface area contributed by atoms with Gasteiger partial charge in [-0.25, -0.2) is 0 Å². The molecule has 0 saturated heterocycles. The van der Waals surface area contributed by atoms with Crippen molar-refractivity contribution in [3.8, 4) is 0 Å². The van der Waals surface area contributed by atoms with E-state index in [9.17, 15) is 4.79 Å². The Morgan fingerprint density at radius 3 is 2.82 bits per heavy atom. The maximum atomic E-state index is 12.1. The first kappa shape index (κ1) is 12.0. The minimum atomic E-state index is 0.0305. The number of hydrogen-bond acceptors (Lipinski definition) is 3. The molecule has 0 aliphatic rings. The molecule has 2 heterocycles. The highest BCUT2D eigenvalue weighted by Crippen LogP contribution is 2.15. The van der Waals surface area contributed by atoms with E-state index in [2.05, 4.69) is 0 Å². The van der Waals surface area contributed by atoms with Crippen molar-refractivity contribution in [2.45, 2.75) is 6.42 Å². The minimum absolute atomic E-state index is 0.0305. The summed E-state index contributed by atoms with van der Waals surface area (Å²) >= 11 is 6.39. The second kappa shape index (κ2) is 4.81. The van der Waals surface area contributed by atoms with Crippen molar-refractivity contribution in [2.75, 3.05) is 0 Å². The number of hydrogen-bond donors (Lipinski definition) is 1. The van der Waals surface area contributed by atoms with Crippen LogP contribution in [0.2, 0.25) is 0 Å². The Hall–Kier alpha value is -1.46. The van der Waals surface area contributed by atoms with Crippen LogP contribution in [0.15, 0.2) is 29.0 Å². The molecule has 0 bridgehead atoms. The monoisotopic (exact) mass is 264 g/mol. The highest BCUT2D eigenvalue weighted by Gasteiger charge is 2.14. The Labute approximate surface area is 109 Å². The molecule has 5 heteroatoms. The normalized spacial score (nSPS) is 10.4. The first-order valence-corrected chi connectivity index (χ1v) is 6.44. The Morgan fingerprint density at radius 2 is 2.24 bits per heavy atom. The van der Waals surface area contributed by atoms with Crippen LogP contribution in [0.5, 0.6) is 0 Å². The Balaban J connectivity index is 2.31. The predicted octanol–water partition coefficient (Wildman–Crippen LogP) is 2.15. The van der Waals surface area contributed by atoms with E-state index < -0.39 is 0 Å². The van der Waals surface area contributed by atoms with Crippen LogP contribution in [-0.2, 0) is 13.5 Å². The van der Waals surface area contributed by atoms with Crippen LogP contribution in [0.25, 0.3) is 0 Å². The molecule has 2 aromatic rings. The topological polar surface area (TPSA) is 48.0 Å². The van der Waals surface area contributed by atoms with Gasteiger partial charge in [0.15, 0.2) is 0 Å². The van der Waals surface area contributed by atoms with Crippen LogP contribution in [-0.4, -0.2) is 15.3 Å². The number of aromatic nitrogens is 1. The molecule has 0 saturated carbocycles. The highest BCUT2D eigenvalue weighted by atomic mass is 32.1. The van der Waals surface area contributed by atoms with E-state index in [4.69, 9.17) is 18.0 Å². The number of ketones is 1. The molecule has 17 heavy (non-hydrogen) atoms. The SMILES string of the molecule is Cn1c(CC(N)=S)ccc1C(=O)c1ccsc1. The lowest BCUT2D eigenvalue weighted by atomic mass is 10.2. The lowest BCUT2D eigenvalue weighted by molar-refractivity contribution is 0.103. The van der Waals surface area contributed by atoms with Crippen molar-refractivity contribution < 1.29 is 4.79 Å². The van der Waals surface area contributed by atoms with Gasteiger partial charge in [0.1, 0.15) is 0 Å². The van der Waals surface area contributed by atoms with Crippen LogP contribution in [0.4, 0.5) is 0 Å². The zero-order valence-corrected chi connectivity index (χ0v) is 11.0. The van der Waals surface area contributed by atoms with Gasteiger partial charge in [-0.1, -0.05) is 12.2 Å². The summed E-state index contributed by atoms with van der Waals surface area (Å²) in [6.07, 6.45) is 0.517. The first-order valence-electron chi connectivity index (χ1n) is 5.09. The molecule has 3 nitrogen and oxygen atoms in total. The Bertz CT molecular complexity index is 555. The van der Waals surface area contributed by atoms with E-state index in [-0.39, 0.29) is 5.78 Å². The lowest BCUT2D eigenvalue weighted by Crippen LogP contribution is -2.15. The third-order valence-corrected chi connectivity index (χ3v) is 3.42. The summed E-state index contributed by atoms with van der Waals surface area (Å²) in [6.45, 7) is 0. The fraction of sp³-hybridized carbons (Fsp3) is 0.167. The number of nitrogens with zero attached hydrogens (tertiary/aromatic N) is 1. The standard InChI is InChI=1S/C12H12N2OS2/c1-14-9(6-11(13)16)2-3-10(14)12(15)8-4-5-17-7-8/h2-5,7H,6H2,1H3,(H2,13,16). The zero-order valence-electron chi connectivity index (χ0n) is 9.34. The summed E-state index contributed by atoms with van der Waals surface area (Å²) in [4.78, 5) is 12.6. The van der Waals surface area contributed by atoms with Gasteiger partial charge in [0.25, 0.3) is 0 Å². The second-order valence-corrected chi connectivity index (χ2v) is 5.06. The molecule has 2 aromatic heterocycles. The molecule has 0 aliphatic heterocycles. The van der Waals surface area contributed by atoms with Crippen molar-refractivity contribution in [3.05, 3.63) is 45.9 Å². The van der Waals surface area contributed by atoms with Gasteiger partial charge in [-0.05, 0) is 23.6 Å². The average molecular weight is 264 g/mol. The first-order chi connectivity index (χ1) is 8.09. The Kier molecular flexibility index (Phi) is 3.40. The van der Waals surface area contributed by atoms with Crippen LogP contribution >= 0.6 is 23.6 Å². The van der Waals surface area contributed by atoms with E-state index in [0.717, 1.165) is 11.3 Å². The second-order valence-electron chi connectivity index (χ2n) is 3.75. The highest BCUT2D eigenvalue weighted by molar-refractivity contribution is 7.80. The van der Waals surface area contributed by atoms with Crippen LogP contribution in [0.1, 0.15) is 21.7 Å². The van der Waals surface area contributed by atoms with Crippen LogP contribution < -0.4 is 5.73 Å².